The first kappa shape index (κ1) is 16.5. The van der Waals surface area contributed by atoms with E-state index in [-0.39, 0.29) is 11.9 Å². The van der Waals surface area contributed by atoms with Crippen LogP contribution in [0.25, 0.3) is 11.1 Å². The van der Waals surface area contributed by atoms with Crippen molar-refractivity contribution < 1.29 is 4.79 Å². The molecule has 1 N–H and O–H groups in total. The van der Waals surface area contributed by atoms with Gasteiger partial charge in [0, 0.05) is 29.7 Å². The molecule has 0 radical (unpaired) electrons. The van der Waals surface area contributed by atoms with Gasteiger partial charge in [0.2, 0.25) is 0 Å². The van der Waals surface area contributed by atoms with Crippen molar-refractivity contribution in [3.8, 4) is 11.1 Å². The van der Waals surface area contributed by atoms with Gasteiger partial charge in [-0.15, -0.1) is 0 Å². The molecule has 1 saturated carbocycles. The highest BCUT2D eigenvalue weighted by Crippen LogP contribution is 2.34. The number of hydrogen-bond acceptors (Lipinski definition) is 3. The number of carbonyl (C=O) groups is 1. The predicted octanol–water partition coefficient (Wildman–Crippen LogP) is 4.08. The zero-order chi connectivity index (χ0) is 18.1. The first-order valence-electron chi connectivity index (χ1n) is 8.97. The van der Waals surface area contributed by atoms with Gasteiger partial charge in [-0.25, -0.2) is 0 Å². The van der Waals surface area contributed by atoms with Gasteiger partial charge in [0.15, 0.2) is 0 Å². The normalized spacial score (nSPS) is 14.8. The number of hydrogen-bond donors (Lipinski definition) is 1. The number of rotatable bonds is 5. The summed E-state index contributed by atoms with van der Waals surface area (Å²) in [6, 6.07) is 10.5. The molecule has 132 valence electrons. The molecule has 5 heteroatoms. The van der Waals surface area contributed by atoms with Gasteiger partial charge >= 0.3 is 0 Å². The number of pyridine rings is 1. The molecule has 5 nitrogen and oxygen atoms in total. The summed E-state index contributed by atoms with van der Waals surface area (Å²) in [5.41, 5.74) is 4.77. The Kier molecular flexibility index (Phi) is 4.29. The van der Waals surface area contributed by atoms with Crippen LogP contribution in [-0.2, 0) is 0 Å². The minimum Gasteiger partial charge on any atom is -0.345 e. The third kappa shape index (κ3) is 3.52. The van der Waals surface area contributed by atoms with E-state index in [0.717, 1.165) is 16.7 Å². The number of benzene rings is 1. The van der Waals surface area contributed by atoms with E-state index in [9.17, 15) is 4.79 Å². The lowest BCUT2D eigenvalue weighted by Gasteiger charge is -2.12. The highest BCUT2D eigenvalue weighted by molar-refractivity contribution is 5.95. The second-order valence-corrected chi connectivity index (χ2v) is 7.01. The summed E-state index contributed by atoms with van der Waals surface area (Å²) in [5, 5.41) is 7.43. The molecule has 0 aliphatic heterocycles. The highest BCUT2D eigenvalue weighted by atomic mass is 16.1. The van der Waals surface area contributed by atoms with E-state index in [4.69, 9.17) is 0 Å². The Balaban J connectivity index is 1.48. The van der Waals surface area contributed by atoms with Crippen molar-refractivity contribution in [3.63, 3.8) is 0 Å². The largest absolute Gasteiger partial charge is 0.345 e. The van der Waals surface area contributed by atoms with Crippen LogP contribution in [0.3, 0.4) is 0 Å². The summed E-state index contributed by atoms with van der Waals surface area (Å²) in [7, 11) is 0. The average Bonchev–Trinajstić information content (AvgIpc) is 3.39. The Morgan fingerprint density at radius 3 is 2.65 bits per heavy atom. The van der Waals surface area contributed by atoms with Crippen LogP contribution in [0.4, 0.5) is 0 Å². The monoisotopic (exact) mass is 346 g/mol. The van der Waals surface area contributed by atoms with Crippen molar-refractivity contribution in [1.82, 2.24) is 20.1 Å². The number of amides is 1. The van der Waals surface area contributed by atoms with Crippen LogP contribution in [0.5, 0.6) is 0 Å². The van der Waals surface area contributed by atoms with E-state index >= 15 is 0 Å². The van der Waals surface area contributed by atoms with E-state index in [1.54, 1.807) is 12.4 Å². The van der Waals surface area contributed by atoms with E-state index < -0.39 is 0 Å². The zero-order valence-electron chi connectivity index (χ0n) is 15.0. The van der Waals surface area contributed by atoms with E-state index in [1.165, 1.54) is 18.4 Å². The second-order valence-electron chi connectivity index (χ2n) is 7.01. The molecule has 1 aliphatic carbocycles. The molecule has 2 aromatic heterocycles. The Hall–Kier alpha value is -2.95. The molecule has 4 rings (SSSR count). The maximum absolute atomic E-state index is 12.6. The second kappa shape index (κ2) is 6.75. The number of nitrogens with zero attached hydrogens (tertiary/aromatic N) is 3. The molecule has 0 bridgehead atoms. The van der Waals surface area contributed by atoms with Crippen LogP contribution < -0.4 is 5.32 Å². The molecule has 26 heavy (non-hydrogen) atoms. The standard InChI is InChI=1S/C21H22N4O/c1-14-3-5-16(6-4-14)17-9-18(11-22-10-17)21(26)24-15(2)19-12-23-25(13-19)20-7-8-20/h3-6,9-13,15,20H,7-8H2,1-2H3,(H,24,26). The van der Waals surface area contributed by atoms with Crippen LogP contribution in [0.2, 0.25) is 0 Å². The molecule has 3 aromatic rings. The molecular formula is C21H22N4O. The number of aromatic nitrogens is 3. The van der Waals surface area contributed by atoms with Crippen LogP contribution in [0.1, 0.15) is 53.3 Å². The smallest absolute Gasteiger partial charge is 0.253 e. The first-order chi connectivity index (χ1) is 12.6. The summed E-state index contributed by atoms with van der Waals surface area (Å²) >= 11 is 0. The van der Waals surface area contributed by atoms with E-state index in [2.05, 4.69) is 34.5 Å². The average molecular weight is 346 g/mol. The summed E-state index contributed by atoms with van der Waals surface area (Å²) in [4.78, 5) is 16.9. The van der Waals surface area contributed by atoms with Crippen LogP contribution in [-0.4, -0.2) is 20.7 Å². The lowest BCUT2D eigenvalue weighted by Crippen LogP contribution is -2.26. The molecule has 1 aromatic carbocycles. The molecule has 1 atom stereocenters. The quantitative estimate of drug-likeness (QED) is 0.757. The lowest BCUT2D eigenvalue weighted by atomic mass is 10.0. The highest BCUT2D eigenvalue weighted by Gasteiger charge is 2.25. The van der Waals surface area contributed by atoms with E-state index in [0.29, 0.717) is 11.6 Å². The van der Waals surface area contributed by atoms with Gasteiger partial charge in [-0.2, -0.15) is 5.10 Å². The van der Waals surface area contributed by atoms with Gasteiger partial charge in [0.05, 0.1) is 23.8 Å². The first-order valence-corrected chi connectivity index (χ1v) is 8.97. The summed E-state index contributed by atoms with van der Waals surface area (Å²) in [5.74, 6) is -0.127. The Bertz CT molecular complexity index is 925. The maximum atomic E-state index is 12.6. The van der Waals surface area contributed by atoms with Crippen molar-refractivity contribution in [2.75, 3.05) is 0 Å². The van der Waals surface area contributed by atoms with Crippen molar-refractivity contribution in [3.05, 3.63) is 71.8 Å². The Morgan fingerprint density at radius 1 is 1.15 bits per heavy atom. The van der Waals surface area contributed by atoms with Gasteiger partial charge in [0.1, 0.15) is 0 Å². The molecular weight excluding hydrogens is 324 g/mol. The predicted molar refractivity (Wildman–Crippen MR) is 101 cm³/mol. The van der Waals surface area contributed by atoms with Crippen molar-refractivity contribution in [2.45, 2.75) is 38.8 Å². The zero-order valence-corrected chi connectivity index (χ0v) is 15.0. The topological polar surface area (TPSA) is 59.8 Å². The summed E-state index contributed by atoms with van der Waals surface area (Å²) in [6.07, 6.45) is 9.64. The summed E-state index contributed by atoms with van der Waals surface area (Å²) in [6.45, 7) is 4.03. The van der Waals surface area contributed by atoms with Crippen molar-refractivity contribution in [2.24, 2.45) is 0 Å². The Morgan fingerprint density at radius 2 is 1.92 bits per heavy atom. The van der Waals surface area contributed by atoms with Crippen molar-refractivity contribution >= 4 is 5.91 Å². The molecule has 1 aliphatic rings. The fraction of sp³-hybridized carbons (Fsp3) is 0.286. The Labute approximate surface area is 153 Å². The molecule has 0 saturated heterocycles. The van der Waals surface area contributed by atoms with Gasteiger partial charge in [0.25, 0.3) is 5.91 Å². The van der Waals surface area contributed by atoms with Crippen LogP contribution in [0.15, 0.2) is 55.1 Å². The minimum absolute atomic E-state index is 0.0990. The molecule has 1 amide bonds. The number of aryl methyl sites for hydroxylation is 1. The minimum atomic E-state index is -0.127. The third-order valence-electron chi connectivity index (χ3n) is 4.78. The van der Waals surface area contributed by atoms with Crippen molar-refractivity contribution in [1.29, 1.82) is 0 Å². The number of carbonyl (C=O) groups excluding carboxylic acids is 1. The molecule has 1 fully saturated rings. The van der Waals surface area contributed by atoms with E-state index in [1.807, 2.05) is 42.2 Å². The summed E-state index contributed by atoms with van der Waals surface area (Å²) < 4.78 is 2.00. The fourth-order valence-electron chi connectivity index (χ4n) is 2.95. The molecule has 1 unspecified atom stereocenters. The van der Waals surface area contributed by atoms with Gasteiger partial charge < -0.3 is 5.32 Å². The molecule has 0 spiro atoms. The lowest BCUT2D eigenvalue weighted by molar-refractivity contribution is 0.0939. The van der Waals surface area contributed by atoms with Gasteiger partial charge in [-0.1, -0.05) is 29.8 Å². The van der Waals surface area contributed by atoms with Gasteiger partial charge in [-0.05, 0) is 38.3 Å². The van der Waals surface area contributed by atoms with Crippen LogP contribution in [0, 0.1) is 6.92 Å². The number of nitrogens with one attached hydrogen (secondary N) is 1. The van der Waals surface area contributed by atoms with Gasteiger partial charge in [-0.3, -0.25) is 14.5 Å². The third-order valence-corrected chi connectivity index (χ3v) is 4.78. The molecule has 2 heterocycles. The fourth-order valence-corrected chi connectivity index (χ4v) is 2.95. The maximum Gasteiger partial charge on any atom is 0.253 e. The SMILES string of the molecule is Cc1ccc(-c2cncc(C(=O)NC(C)c3cnn(C4CC4)c3)c2)cc1. The van der Waals surface area contributed by atoms with Crippen LogP contribution >= 0.6 is 0 Å².